The minimum Gasteiger partial charge on any atom is -0.393 e. The van der Waals surface area contributed by atoms with Crippen LogP contribution in [0.1, 0.15) is 95.1 Å². The Morgan fingerprint density at radius 3 is 1.81 bits per heavy atom. The van der Waals surface area contributed by atoms with Crippen LogP contribution in [0.4, 0.5) is 0 Å². The van der Waals surface area contributed by atoms with Gasteiger partial charge in [-0.2, -0.15) is 0 Å². The number of aliphatic hydroxyl groups excluding tert-OH is 1. The summed E-state index contributed by atoms with van der Waals surface area (Å²) in [7, 11) is 0. The molecule has 198 valence electrons. The van der Waals surface area contributed by atoms with Crippen LogP contribution in [0.25, 0.3) is 0 Å². The van der Waals surface area contributed by atoms with Crippen LogP contribution >= 0.6 is 0 Å². The third-order valence-corrected chi connectivity index (χ3v) is 9.59. The standard InChI is InChI=1S/C33H50N2O/c1-26(22-27-14-6-2-7-15-27)23-31(36)25-32(29-18-10-4-11-19-29,24-28-16-8-3-9-17-28)33(34,35)30-20-12-5-13-21-30/h2-3,6-9,14-17,26,29-31,36H,4-5,10-13,18-25,34-35H2,1H3. The summed E-state index contributed by atoms with van der Waals surface area (Å²) in [5, 5.41) is 11.7. The van der Waals surface area contributed by atoms with E-state index in [4.69, 9.17) is 11.5 Å². The van der Waals surface area contributed by atoms with Crippen LogP contribution in [0.3, 0.4) is 0 Å². The summed E-state index contributed by atoms with van der Waals surface area (Å²) in [6, 6.07) is 21.5. The summed E-state index contributed by atoms with van der Waals surface area (Å²) < 4.78 is 0. The van der Waals surface area contributed by atoms with Crippen LogP contribution < -0.4 is 11.5 Å². The molecule has 0 heterocycles. The molecule has 36 heavy (non-hydrogen) atoms. The smallest absolute Gasteiger partial charge is 0.0730 e. The van der Waals surface area contributed by atoms with Gasteiger partial charge in [-0.25, -0.2) is 0 Å². The van der Waals surface area contributed by atoms with Gasteiger partial charge in [0.2, 0.25) is 0 Å². The highest BCUT2D eigenvalue weighted by Gasteiger charge is 2.55. The molecule has 0 saturated heterocycles. The first-order valence-corrected chi connectivity index (χ1v) is 14.7. The first-order chi connectivity index (χ1) is 17.4. The number of hydrogen-bond acceptors (Lipinski definition) is 3. The zero-order chi connectivity index (χ0) is 25.4. The van der Waals surface area contributed by atoms with E-state index in [1.807, 2.05) is 0 Å². The Morgan fingerprint density at radius 2 is 1.25 bits per heavy atom. The molecule has 0 aliphatic heterocycles. The maximum Gasteiger partial charge on any atom is 0.0730 e. The van der Waals surface area contributed by atoms with Crippen LogP contribution in [-0.4, -0.2) is 16.9 Å². The molecule has 0 bridgehead atoms. The van der Waals surface area contributed by atoms with Gasteiger partial charge in [0.05, 0.1) is 11.8 Å². The molecule has 2 saturated carbocycles. The largest absolute Gasteiger partial charge is 0.393 e. The molecule has 3 atom stereocenters. The summed E-state index contributed by atoms with van der Waals surface area (Å²) >= 11 is 0. The van der Waals surface area contributed by atoms with Crippen molar-refractivity contribution in [3.8, 4) is 0 Å². The van der Waals surface area contributed by atoms with Gasteiger partial charge in [0.1, 0.15) is 0 Å². The van der Waals surface area contributed by atoms with E-state index in [1.54, 1.807) is 0 Å². The molecule has 4 rings (SSSR count). The summed E-state index contributed by atoms with van der Waals surface area (Å²) in [5.74, 6) is 1.19. The summed E-state index contributed by atoms with van der Waals surface area (Å²) in [6.07, 6.45) is 15.1. The molecule has 2 aromatic carbocycles. The molecular formula is C33H50N2O. The second-order valence-corrected chi connectivity index (χ2v) is 12.3. The summed E-state index contributed by atoms with van der Waals surface area (Å²) in [4.78, 5) is 0. The Hall–Kier alpha value is -1.68. The molecule has 0 spiro atoms. The molecule has 2 aliphatic carbocycles. The lowest BCUT2D eigenvalue weighted by Gasteiger charge is -2.57. The van der Waals surface area contributed by atoms with Gasteiger partial charge in [0, 0.05) is 5.41 Å². The predicted molar refractivity (Wildman–Crippen MR) is 151 cm³/mol. The maximum absolute atomic E-state index is 11.7. The van der Waals surface area contributed by atoms with E-state index in [1.165, 1.54) is 62.5 Å². The molecule has 0 aromatic heterocycles. The SMILES string of the molecule is CC(Cc1ccccc1)CC(O)CC(Cc1ccccc1)(C1CCCCC1)C(N)(N)C1CCCCC1. The Kier molecular flexibility index (Phi) is 9.66. The van der Waals surface area contributed by atoms with E-state index in [0.29, 0.717) is 24.2 Å². The fraction of sp³-hybridized carbons (Fsp3) is 0.636. The molecule has 3 unspecified atom stereocenters. The van der Waals surface area contributed by atoms with Gasteiger partial charge in [-0.05, 0) is 80.2 Å². The van der Waals surface area contributed by atoms with Crippen molar-refractivity contribution in [1.82, 2.24) is 0 Å². The molecule has 2 fully saturated rings. The van der Waals surface area contributed by atoms with Crippen LogP contribution in [0.15, 0.2) is 60.7 Å². The number of rotatable bonds is 11. The number of benzene rings is 2. The number of aliphatic hydroxyl groups is 1. The van der Waals surface area contributed by atoms with Crippen molar-refractivity contribution < 1.29 is 5.11 Å². The fourth-order valence-electron chi connectivity index (χ4n) is 7.74. The number of nitrogens with two attached hydrogens (primary N) is 2. The highest BCUT2D eigenvalue weighted by atomic mass is 16.3. The Morgan fingerprint density at radius 1 is 0.750 bits per heavy atom. The molecule has 3 heteroatoms. The Bertz CT molecular complexity index is 886. The van der Waals surface area contributed by atoms with Crippen molar-refractivity contribution in [2.45, 2.75) is 109 Å². The lowest BCUT2D eigenvalue weighted by Crippen LogP contribution is -2.71. The van der Waals surface area contributed by atoms with Gasteiger partial charge >= 0.3 is 0 Å². The second-order valence-electron chi connectivity index (χ2n) is 12.3. The molecule has 2 aliphatic rings. The maximum atomic E-state index is 11.7. The molecule has 5 N–H and O–H groups in total. The quantitative estimate of drug-likeness (QED) is 0.297. The minimum absolute atomic E-state index is 0.303. The normalized spacial score (nSPS) is 21.6. The van der Waals surface area contributed by atoms with Gasteiger partial charge in [-0.1, -0.05) is 106 Å². The van der Waals surface area contributed by atoms with E-state index >= 15 is 0 Å². The van der Waals surface area contributed by atoms with Crippen molar-refractivity contribution in [3.05, 3.63) is 71.8 Å². The predicted octanol–water partition coefficient (Wildman–Crippen LogP) is 7.01. The zero-order valence-corrected chi connectivity index (χ0v) is 22.6. The van der Waals surface area contributed by atoms with Gasteiger partial charge in [0.15, 0.2) is 0 Å². The van der Waals surface area contributed by atoms with Gasteiger partial charge < -0.3 is 16.6 Å². The highest BCUT2D eigenvalue weighted by Crippen LogP contribution is 2.53. The van der Waals surface area contributed by atoms with Crippen molar-refractivity contribution in [1.29, 1.82) is 0 Å². The van der Waals surface area contributed by atoms with E-state index < -0.39 is 11.8 Å². The van der Waals surface area contributed by atoms with Crippen molar-refractivity contribution >= 4 is 0 Å². The first-order valence-electron chi connectivity index (χ1n) is 14.7. The molecule has 0 amide bonds. The fourth-order valence-corrected chi connectivity index (χ4v) is 7.74. The summed E-state index contributed by atoms with van der Waals surface area (Å²) in [6.45, 7) is 2.27. The minimum atomic E-state index is -0.783. The molecule has 3 nitrogen and oxygen atoms in total. The second kappa shape index (κ2) is 12.7. The van der Waals surface area contributed by atoms with Crippen LogP contribution in [0, 0.1) is 23.2 Å². The van der Waals surface area contributed by atoms with Crippen LogP contribution in [0.2, 0.25) is 0 Å². The third-order valence-electron chi connectivity index (χ3n) is 9.59. The van der Waals surface area contributed by atoms with E-state index in [-0.39, 0.29) is 5.41 Å². The van der Waals surface area contributed by atoms with Gasteiger partial charge in [0.25, 0.3) is 0 Å². The van der Waals surface area contributed by atoms with Crippen molar-refractivity contribution in [3.63, 3.8) is 0 Å². The van der Waals surface area contributed by atoms with Gasteiger partial charge in [-0.3, -0.25) is 0 Å². The molecule has 0 radical (unpaired) electrons. The zero-order valence-electron chi connectivity index (χ0n) is 22.6. The Labute approximate surface area is 220 Å². The lowest BCUT2D eigenvalue weighted by atomic mass is 9.53. The van der Waals surface area contributed by atoms with E-state index in [0.717, 1.165) is 32.1 Å². The van der Waals surface area contributed by atoms with Crippen LogP contribution in [-0.2, 0) is 12.8 Å². The van der Waals surface area contributed by atoms with E-state index in [2.05, 4.69) is 67.6 Å². The monoisotopic (exact) mass is 490 g/mol. The average Bonchev–Trinajstić information content (AvgIpc) is 2.90. The average molecular weight is 491 g/mol. The molecular weight excluding hydrogens is 440 g/mol. The summed E-state index contributed by atoms with van der Waals surface area (Å²) in [5.41, 5.74) is 16.4. The highest BCUT2D eigenvalue weighted by molar-refractivity contribution is 5.21. The van der Waals surface area contributed by atoms with Gasteiger partial charge in [-0.15, -0.1) is 0 Å². The Balaban J connectivity index is 1.63. The third kappa shape index (κ3) is 6.60. The number of hydrogen-bond donors (Lipinski definition) is 3. The van der Waals surface area contributed by atoms with Crippen molar-refractivity contribution in [2.24, 2.45) is 34.6 Å². The van der Waals surface area contributed by atoms with E-state index in [9.17, 15) is 5.11 Å². The lowest BCUT2D eigenvalue weighted by molar-refractivity contribution is -0.0605. The first kappa shape index (κ1) is 27.4. The topological polar surface area (TPSA) is 72.3 Å². The van der Waals surface area contributed by atoms with Crippen LogP contribution in [0.5, 0.6) is 0 Å². The van der Waals surface area contributed by atoms with Crippen molar-refractivity contribution in [2.75, 3.05) is 0 Å². The molecule has 2 aromatic rings.